The maximum Gasteiger partial charge on any atom is 0.410 e. The summed E-state index contributed by atoms with van der Waals surface area (Å²) in [4.78, 5) is 58.9. The zero-order valence-electron chi connectivity index (χ0n) is 29.9. The summed E-state index contributed by atoms with van der Waals surface area (Å²) in [5.41, 5.74) is 3.79. The van der Waals surface area contributed by atoms with Gasteiger partial charge in [0.05, 0.1) is 41.0 Å². The van der Waals surface area contributed by atoms with Crippen LogP contribution in [0.3, 0.4) is 0 Å². The molecular weight excluding hydrogens is 650 g/mol. The number of hydrogen-bond acceptors (Lipinski definition) is 9. The third-order valence-corrected chi connectivity index (χ3v) is 10.2. The molecule has 0 spiro atoms. The Labute approximate surface area is 296 Å². The fourth-order valence-electron chi connectivity index (χ4n) is 7.69. The Balaban J connectivity index is 0.856. The molecule has 3 aliphatic heterocycles. The van der Waals surface area contributed by atoms with E-state index in [1.54, 1.807) is 11.6 Å². The van der Waals surface area contributed by atoms with E-state index >= 15 is 0 Å². The first kappa shape index (κ1) is 34.4. The van der Waals surface area contributed by atoms with Crippen LogP contribution in [0.25, 0.3) is 11.0 Å². The maximum absolute atomic E-state index is 13.0. The standard InChI is InChI=1S/C37H47N9O5/c1-37(2,3)51-36(50)45-23-27-19-28(45)22-44(27)32-13-9-12-25(38-32)20-43-21-26(40-41-43)11-8-6-5-7-10-24-14-15-29-31(18-24)42(4)35(49)46(29)30-16-17-33(47)39-34(30)48/h9,12-15,18,21,27-28,30H,5-8,10-11,16-17,19-20,22-23H2,1-4H3,(H,39,47,48)/t27-,28-,30?/m1/s1. The zero-order valence-corrected chi connectivity index (χ0v) is 29.9. The Bertz CT molecular complexity index is 2010. The second-order valence-electron chi connectivity index (χ2n) is 15.1. The summed E-state index contributed by atoms with van der Waals surface area (Å²) in [6.45, 7) is 7.64. The lowest BCUT2D eigenvalue weighted by Gasteiger charge is -2.35. The van der Waals surface area contributed by atoms with Gasteiger partial charge in [0.2, 0.25) is 11.8 Å². The fraction of sp³-hybridized carbons (Fsp3) is 0.541. The SMILES string of the molecule is Cn1c(=O)n(C2CCC(=O)NC2=O)c2ccc(CCCCCCc3cn(Cc4cccc(N5C[C@H]6C[C@@H]5CN6C(=O)OC(C)(C)C)n4)nn3)cc21. The smallest absolute Gasteiger partial charge is 0.410 e. The van der Waals surface area contributed by atoms with Gasteiger partial charge in [-0.3, -0.25) is 24.0 Å². The number of hydrogen-bond donors (Lipinski definition) is 1. The third kappa shape index (κ3) is 7.40. The number of aromatic nitrogens is 6. The van der Waals surface area contributed by atoms with Gasteiger partial charge in [0, 0.05) is 32.8 Å². The molecule has 6 heterocycles. The number of aryl methyl sites for hydroxylation is 3. The van der Waals surface area contributed by atoms with Crippen molar-refractivity contribution in [1.29, 1.82) is 0 Å². The molecule has 14 heteroatoms. The van der Waals surface area contributed by atoms with Crippen molar-refractivity contribution in [3.8, 4) is 0 Å². The van der Waals surface area contributed by atoms with Gasteiger partial charge in [-0.15, -0.1) is 5.10 Å². The highest BCUT2D eigenvalue weighted by atomic mass is 16.6. The lowest BCUT2D eigenvalue weighted by molar-refractivity contribution is -0.135. The second kappa shape index (κ2) is 14.0. The number of carbonyl (C=O) groups is 3. The van der Waals surface area contributed by atoms with Crippen LogP contribution < -0.4 is 15.9 Å². The van der Waals surface area contributed by atoms with E-state index in [9.17, 15) is 19.2 Å². The zero-order chi connectivity index (χ0) is 35.9. The van der Waals surface area contributed by atoms with Gasteiger partial charge in [-0.25, -0.2) is 19.3 Å². The van der Waals surface area contributed by atoms with Crippen molar-refractivity contribution >= 4 is 34.8 Å². The minimum atomic E-state index is -0.675. The summed E-state index contributed by atoms with van der Waals surface area (Å²) in [6, 6.07) is 11.8. The molecule has 3 aromatic heterocycles. The molecule has 1 aromatic carbocycles. The van der Waals surface area contributed by atoms with Gasteiger partial charge in [0.25, 0.3) is 0 Å². The monoisotopic (exact) mass is 697 g/mol. The molecule has 2 bridgehead atoms. The first-order valence-electron chi connectivity index (χ1n) is 18.1. The molecule has 7 rings (SSSR count). The van der Waals surface area contributed by atoms with Crippen LogP contribution in [-0.4, -0.2) is 82.7 Å². The number of unbranched alkanes of at least 4 members (excludes halogenated alkanes) is 3. The molecule has 0 saturated carbocycles. The molecule has 4 aromatic rings. The molecule has 51 heavy (non-hydrogen) atoms. The summed E-state index contributed by atoms with van der Waals surface area (Å²) < 4.78 is 10.6. The van der Waals surface area contributed by atoms with Crippen molar-refractivity contribution in [3.63, 3.8) is 0 Å². The van der Waals surface area contributed by atoms with E-state index < -0.39 is 17.6 Å². The normalized spacial score (nSPS) is 20.4. The Morgan fingerprint density at radius 2 is 1.76 bits per heavy atom. The Hall–Kier alpha value is -5.01. The van der Waals surface area contributed by atoms with Crippen molar-refractivity contribution in [2.24, 2.45) is 7.05 Å². The number of carbonyl (C=O) groups excluding carboxylic acids is 3. The minimum absolute atomic E-state index is 0.140. The number of amides is 3. The highest BCUT2D eigenvalue weighted by Gasteiger charge is 2.47. The summed E-state index contributed by atoms with van der Waals surface area (Å²) in [7, 11) is 1.72. The van der Waals surface area contributed by atoms with Gasteiger partial charge in [-0.05, 0) is 89.1 Å². The van der Waals surface area contributed by atoms with Crippen molar-refractivity contribution in [2.45, 2.75) is 109 Å². The summed E-state index contributed by atoms with van der Waals surface area (Å²) >= 11 is 0. The minimum Gasteiger partial charge on any atom is -0.444 e. The largest absolute Gasteiger partial charge is 0.444 e. The van der Waals surface area contributed by atoms with Gasteiger partial charge < -0.3 is 14.5 Å². The number of benzene rings is 1. The molecule has 270 valence electrons. The maximum atomic E-state index is 13.0. The predicted octanol–water partition coefficient (Wildman–Crippen LogP) is 3.90. The van der Waals surface area contributed by atoms with E-state index in [4.69, 9.17) is 9.72 Å². The molecule has 0 aliphatic carbocycles. The van der Waals surface area contributed by atoms with Gasteiger partial charge >= 0.3 is 11.8 Å². The molecule has 1 unspecified atom stereocenters. The van der Waals surface area contributed by atoms with Crippen molar-refractivity contribution in [2.75, 3.05) is 18.0 Å². The predicted molar refractivity (Wildman–Crippen MR) is 190 cm³/mol. The molecule has 0 radical (unpaired) electrons. The highest BCUT2D eigenvalue weighted by molar-refractivity contribution is 6.00. The second-order valence-corrected chi connectivity index (χ2v) is 15.1. The molecule has 1 N–H and O–H groups in total. The fourth-order valence-corrected chi connectivity index (χ4v) is 7.69. The molecular formula is C37H47N9O5. The van der Waals surface area contributed by atoms with Crippen LogP contribution in [0, 0.1) is 0 Å². The van der Waals surface area contributed by atoms with Crippen LogP contribution in [0.5, 0.6) is 0 Å². The Morgan fingerprint density at radius 3 is 2.51 bits per heavy atom. The molecule has 3 amide bonds. The van der Waals surface area contributed by atoms with Crippen molar-refractivity contribution < 1.29 is 19.1 Å². The Morgan fingerprint density at radius 1 is 0.961 bits per heavy atom. The van der Waals surface area contributed by atoms with Crippen molar-refractivity contribution in [3.05, 3.63) is 70.0 Å². The van der Waals surface area contributed by atoms with E-state index in [2.05, 4.69) is 20.5 Å². The highest BCUT2D eigenvalue weighted by Crippen LogP contribution is 2.35. The number of likely N-dealkylation sites (tertiary alicyclic amines) is 1. The van der Waals surface area contributed by atoms with Crippen LogP contribution in [-0.2, 0) is 40.8 Å². The summed E-state index contributed by atoms with van der Waals surface area (Å²) in [5.74, 6) is 0.212. The van der Waals surface area contributed by atoms with Gasteiger partial charge in [-0.2, -0.15) is 0 Å². The van der Waals surface area contributed by atoms with Crippen molar-refractivity contribution in [1.82, 2.24) is 39.3 Å². The van der Waals surface area contributed by atoms with Crippen LogP contribution in [0.4, 0.5) is 10.6 Å². The summed E-state index contributed by atoms with van der Waals surface area (Å²) in [6.07, 6.45) is 9.21. The number of pyridine rings is 1. The number of anilines is 1. The lowest BCUT2D eigenvalue weighted by Crippen LogP contribution is -2.50. The van der Waals surface area contributed by atoms with E-state index in [0.29, 0.717) is 25.0 Å². The van der Waals surface area contributed by atoms with Crippen LogP contribution in [0.2, 0.25) is 0 Å². The Kier molecular flexibility index (Phi) is 9.42. The first-order chi connectivity index (χ1) is 24.4. The summed E-state index contributed by atoms with van der Waals surface area (Å²) in [5, 5.41) is 11.1. The van der Waals surface area contributed by atoms with Gasteiger partial charge in [-0.1, -0.05) is 30.2 Å². The van der Waals surface area contributed by atoms with Gasteiger partial charge in [0.1, 0.15) is 17.5 Å². The molecule has 14 nitrogen and oxygen atoms in total. The molecule has 3 fully saturated rings. The van der Waals surface area contributed by atoms with E-state index in [-0.39, 0.29) is 36.2 Å². The van der Waals surface area contributed by atoms with Gasteiger partial charge in [0.15, 0.2) is 0 Å². The van der Waals surface area contributed by atoms with Crippen LogP contribution >= 0.6 is 0 Å². The number of ether oxygens (including phenoxy) is 1. The van der Waals surface area contributed by atoms with E-state index in [1.807, 2.05) is 72.9 Å². The lowest BCUT2D eigenvalue weighted by atomic mass is 10.0. The first-order valence-corrected chi connectivity index (χ1v) is 18.1. The molecule has 3 atom stereocenters. The average molecular weight is 698 g/mol. The van der Waals surface area contributed by atoms with Crippen LogP contribution in [0.15, 0.2) is 47.4 Å². The van der Waals surface area contributed by atoms with Crippen LogP contribution in [0.1, 0.15) is 88.7 Å². The number of piperazine rings is 1. The number of imide groups is 1. The number of nitrogens with one attached hydrogen (secondary N) is 1. The number of imidazole rings is 1. The number of rotatable bonds is 11. The quantitative estimate of drug-likeness (QED) is 0.182. The topological polar surface area (TPSA) is 149 Å². The van der Waals surface area contributed by atoms with E-state index in [1.165, 1.54) is 4.57 Å². The number of fused-ring (bicyclic) bond motifs is 3. The number of piperidine rings is 1. The average Bonchev–Trinajstić information content (AvgIpc) is 3.87. The molecule has 3 aliphatic rings. The third-order valence-electron chi connectivity index (χ3n) is 10.2. The number of nitrogens with zero attached hydrogens (tertiary/aromatic N) is 8. The molecule has 3 saturated heterocycles. The van der Waals surface area contributed by atoms with E-state index in [0.717, 1.165) is 79.8 Å².